The molecule has 2 aliphatic rings. The predicted molar refractivity (Wildman–Crippen MR) is 215 cm³/mol. The fraction of sp³-hybridized carbons (Fsp3) is 0.643. The quantitative estimate of drug-likeness (QED) is 0.0256. The molecule has 17 nitrogen and oxygen atoms in total. The smallest absolute Gasteiger partial charge is 0.328 e. The summed E-state index contributed by atoms with van der Waals surface area (Å²) in [6.07, 6.45) is 11.1. The fourth-order valence-electron chi connectivity index (χ4n) is 6.88. The normalized spacial score (nSPS) is 19.5. The highest BCUT2D eigenvalue weighted by molar-refractivity contribution is 6.01. The molecule has 0 bridgehead atoms. The molecule has 6 N–H and O–H groups in total. The van der Waals surface area contributed by atoms with Crippen molar-refractivity contribution >= 4 is 41.5 Å². The molecule has 6 atom stereocenters. The summed E-state index contributed by atoms with van der Waals surface area (Å²) in [7, 11) is 0. The third kappa shape index (κ3) is 16.3. The van der Waals surface area contributed by atoms with Crippen LogP contribution in [0.1, 0.15) is 129 Å². The number of hydrogen-bond acceptors (Lipinski definition) is 12. The van der Waals surface area contributed by atoms with Gasteiger partial charge < -0.3 is 30.3 Å². The molecule has 0 aromatic heterocycles. The lowest BCUT2D eigenvalue weighted by Gasteiger charge is -2.27. The number of esters is 1. The summed E-state index contributed by atoms with van der Waals surface area (Å²) in [6, 6.07) is 3.19. The number of nitrogens with one attached hydrogen (secondary N) is 2. The first-order valence-electron chi connectivity index (χ1n) is 21.0. The van der Waals surface area contributed by atoms with Gasteiger partial charge in [-0.3, -0.25) is 34.4 Å². The summed E-state index contributed by atoms with van der Waals surface area (Å²) in [4.78, 5) is 80.6. The first-order valence-corrected chi connectivity index (χ1v) is 21.0. The number of phenolic OH excluding ortho intramolecular Hbond substituents is 1. The molecule has 1 saturated heterocycles. The van der Waals surface area contributed by atoms with Gasteiger partial charge in [0.25, 0.3) is 11.8 Å². The number of amides is 4. The standard InChI is InChI=1S/C42H63N5O12/c1-4-34(28(2)38(52)43-31-21-16-19-27-47(57)41(31)54)59-42(55)32(44-39(53)37-29(3)58-40(45-37)30-20-14-15-23-33(30)48)22-17-18-26-46(56)35(49)24-12-10-8-6-5-7-9-11-13-25-36(50)51/h12,14-15,20,23-24,28-29,31-32,34,37,48,56-57H,4-11,13,16-19,21-22,25-27H2,1-3H3,(H,43,52)(H,44,53)(H,50,51). The van der Waals surface area contributed by atoms with E-state index in [0.29, 0.717) is 47.8 Å². The number of hydrogen-bond donors (Lipinski definition) is 6. The van der Waals surface area contributed by atoms with Crippen LogP contribution in [-0.2, 0) is 38.2 Å². The summed E-state index contributed by atoms with van der Waals surface area (Å²) >= 11 is 0. The van der Waals surface area contributed by atoms with Gasteiger partial charge in [0, 0.05) is 25.6 Å². The number of aliphatic imine (C=N–C) groups is 1. The number of phenols is 1. The monoisotopic (exact) mass is 829 g/mol. The van der Waals surface area contributed by atoms with Crippen molar-refractivity contribution in [2.24, 2.45) is 10.9 Å². The molecule has 1 fully saturated rings. The van der Waals surface area contributed by atoms with Crippen molar-refractivity contribution in [2.75, 3.05) is 13.1 Å². The van der Waals surface area contributed by atoms with E-state index in [1.54, 1.807) is 45.0 Å². The van der Waals surface area contributed by atoms with Crippen LogP contribution in [-0.4, -0.2) is 116 Å². The SMILES string of the molecule is CCC(OC(=O)C(CCCCN(O)C(=O)C=CCCCCCCCCCC(=O)O)NC(=O)C1N=C(c2ccccc2O)OC1C)C(C)C(=O)NC1CCCCN(O)C1=O. The molecule has 4 amide bonds. The molecule has 6 unspecified atom stereocenters. The molecule has 0 aliphatic carbocycles. The lowest BCUT2D eigenvalue weighted by atomic mass is 10.00. The Bertz CT molecular complexity index is 1620. The van der Waals surface area contributed by atoms with Crippen molar-refractivity contribution in [3.63, 3.8) is 0 Å². The maximum absolute atomic E-state index is 13.8. The van der Waals surface area contributed by atoms with Crippen molar-refractivity contribution in [3.8, 4) is 5.75 Å². The number of nitrogens with zero attached hydrogens (tertiary/aromatic N) is 3. The zero-order valence-corrected chi connectivity index (χ0v) is 34.6. The van der Waals surface area contributed by atoms with E-state index in [1.807, 2.05) is 0 Å². The number of benzene rings is 1. The Kier molecular flexibility index (Phi) is 20.9. The molecule has 2 heterocycles. The number of ether oxygens (including phenoxy) is 2. The maximum Gasteiger partial charge on any atom is 0.328 e. The molecular formula is C42H63N5O12. The van der Waals surface area contributed by atoms with Crippen LogP contribution < -0.4 is 10.6 Å². The molecule has 3 rings (SSSR count). The van der Waals surface area contributed by atoms with Crippen molar-refractivity contribution in [3.05, 3.63) is 42.0 Å². The topological polar surface area (TPSA) is 245 Å². The molecule has 1 aromatic rings. The van der Waals surface area contributed by atoms with Gasteiger partial charge in [0.2, 0.25) is 17.7 Å². The molecule has 17 heteroatoms. The van der Waals surface area contributed by atoms with Gasteiger partial charge in [-0.05, 0) is 83.3 Å². The van der Waals surface area contributed by atoms with Gasteiger partial charge in [-0.1, -0.05) is 64.2 Å². The Balaban J connectivity index is 1.58. The summed E-state index contributed by atoms with van der Waals surface area (Å²) in [5.41, 5.74) is 0.303. The van der Waals surface area contributed by atoms with Crippen LogP contribution in [0.2, 0.25) is 0 Å². The van der Waals surface area contributed by atoms with E-state index >= 15 is 0 Å². The van der Waals surface area contributed by atoms with Crippen LogP contribution >= 0.6 is 0 Å². The van der Waals surface area contributed by atoms with Gasteiger partial charge >= 0.3 is 11.9 Å². The van der Waals surface area contributed by atoms with E-state index in [2.05, 4.69) is 15.6 Å². The van der Waals surface area contributed by atoms with Crippen LogP contribution in [0.4, 0.5) is 0 Å². The number of allylic oxidation sites excluding steroid dienone is 1. The van der Waals surface area contributed by atoms with E-state index in [0.717, 1.165) is 38.5 Å². The van der Waals surface area contributed by atoms with Crippen LogP contribution in [0.15, 0.2) is 41.4 Å². The Morgan fingerprint density at radius 3 is 2.42 bits per heavy atom. The van der Waals surface area contributed by atoms with Crippen molar-refractivity contribution in [1.82, 2.24) is 20.8 Å². The van der Waals surface area contributed by atoms with Gasteiger partial charge in [-0.2, -0.15) is 0 Å². The number of carboxylic acids is 1. The van der Waals surface area contributed by atoms with Crippen molar-refractivity contribution < 1.29 is 58.9 Å². The highest BCUT2D eigenvalue weighted by Gasteiger charge is 2.38. The Hall–Kier alpha value is -5.03. The highest BCUT2D eigenvalue weighted by atomic mass is 16.5. The van der Waals surface area contributed by atoms with Crippen LogP contribution in [0.3, 0.4) is 0 Å². The molecule has 0 saturated carbocycles. The number of carboxylic acid groups (broad SMARTS) is 1. The minimum absolute atomic E-state index is 0.0393. The lowest BCUT2D eigenvalue weighted by Crippen LogP contribution is -2.51. The average molecular weight is 830 g/mol. The minimum Gasteiger partial charge on any atom is -0.507 e. The number of aliphatic carboxylic acids is 1. The highest BCUT2D eigenvalue weighted by Crippen LogP contribution is 2.25. The van der Waals surface area contributed by atoms with Gasteiger partial charge in [0.05, 0.1) is 11.5 Å². The molecular weight excluding hydrogens is 766 g/mol. The van der Waals surface area contributed by atoms with Crippen LogP contribution in [0.5, 0.6) is 5.75 Å². The number of rotatable bonds is 25. The lowest BCUT2D eigenvalue weighted by molar-refractivity contribution is -0.167. The summed E-state index contributed by atoms with van der Waals surface area (Å²) in [5.74, 6) is -4.85. The zero-order chi connectivity index (χ0) is 43.3. The largest absolute Gasteiger partial charge is 0.507 e. The average Bonchev–Trinajstić information content (AvgIpc) is 3.53. The number of unbranched alkanes of at least 4 members (excludes halogenated alkanes) is 8. The zero-order valence-electron chi connectivity index (χ0n) is 34.6. The predicted octanol–water partition coefficient (Wildman–Crippen LogP) is 4.80. The Morgan fingerprint density at radius 1 is 1.03 bits per heavy atom. The Labute approximate surface area is 346 Å². The van der Waals surface area contributed by atoms with E-state index in [-0.39, 0.29) is 56.8 Å². The maximum atomic E-state index is 13.8. The molecule has 59 heavy (non-hydrogen) atoms. The van der Waals surface area contributed by atoms with E-state index in [4.69, 9.17) is 14.6 Å². The molecule has 2 aliphatic heterocycles. The Morgan fingerprint density at radius 2 is 1.73 bits per heavy atom. The number of hydroxylamine groups is 4. The molecule has 328 valence electrons. The summed E-state index contributed by atoms with van der Waals surface area (Å²) in [6.45, 7) is 5.05. The van der Waals surface area contributed by atoms with Crippen molar-refractivity contribution in [2.45, 2.75) is 154 Å². The fourth-order valence-corrected chi connectivity index (χ4v) is 6.88. The molecule has 0 spiro atoms. The number of carbonyl (C=O) groups is 6. The van der Waals surface area contributed by atoms with Crippen molar-refractivity contribution in [1.29, 1.82) is 0 Å². The van der Waals surface area contributed by atoms with Gasteiger partial charge in [-0.15, -0.1) is 0 Å². The van der Waals surface area contributed by atoms with Crippen LogP contribution in [0.25, 0.3) is 0 Å². The van der Waals surface area contributed by atoms with Gasteiger partial charge in [0.15, 0.2) is 6.04 Å². The summed E-state index contributed by atoms with van der Waals surface area (Å²) < 4.78 is 11.6. The molecule has 0 radical (unpaired) electrons. The minimum atomic E-state index is -1.21. The first-order chi connectivity index (χ1) is 28.2. The van der Waals surface area contributed by atoms with Gasteiger partial charge in [-0.25, -0.2) is 19.9 Å². The van der Waals surface area contributed by atoms with E-state index in [9.17, 15) is 44.3 Å². The first kappa shape index (κ1) is 48.3. The van der Waals surface area contributed by atoms with E-state index < -0.39 is 71.8 Å². The third-order valence-corrected chi connectivity index (χ3v) is 10.5. The second-order valence-electron chi connectivity index (χ2n) is 15.2. The van der Waals surface area contributed by atoms with E-state index in [1.165, 1.54) is 12.1 Å². The molecule has 1 aromatic carbocycles. The third-order valence-electron chi connectivity index (χ3n) is 10.5. The second kappa shape index (κ2) is 25.5. The number of carbonyl (C=O) groups excluding carboxylic acids is 5. The number of para-hydroxylation sites is 1. The summed E-state index contributed by atoms with van der Waals surface area (Å²) in [5, 5.41) is 45.9. The second-order valence-corrected chi connectivity index (χ2v) is 15.2. The van der Waals surface area contributed by atoms with Gasteiger partial charge in [0.1, 0.15) is 30.0 Å². The number of aromatic hydroxyl groups is 1. The van der Waals surface area contributed by atoms with Crippen LogP contribution in [0, 0.1) is 5.92 Å².